The largest absolute Gasteiger partial charge is 0.356 e. The molecule has 19 heavy (non-hydrogen) atoms. The number of nitrogens with zero attached hydrogens (tertiary/aromatic N) is 2. The van der Waals surface area contributed by atoms with Gasteiger partial charge in [-0.05, 0) is 31.2 Å². The van der Waals surface area contributed by atoms with Gasteiger partial charge in [0.2, 0.25) is 5.91 Å². The Morgan fingerprint density at radius 1 is 1.53 bits per heavy atom. The number of pyridine rings is 1. The normalized spacial score (nSPS) is 20.2. The van der Waals surface area contributed by atoms with Gasteiger partial charge in [-0.3, -0.25) is 9.78 Å². The molecule has 1 unspecified atom stereocenters. The smallest absolute Gasteiger partial charge is 0.221 e. The van der Waals surface area contributed by atoms with Gasteiger partial charge in [-0.2, -0.15) is 0 Å². The van der Waals surface area contributed by atoms with Crippen LogP contribution in [0.5, 0.6) is 0 Å². The molecule has 1 aliphatic heterocycles. The van der Waals surface area contributed by atoms with Gasteiger partial charge in [0.15, 0.2) is 0 Å². The SMILES string of the molecule is CN1CCNCC1CC(=O)NCCc1ccncc1. The van der Waals surface area contributed by atoms with Crippen molar-refractivity contribution in [2.24, 2.45) is 0 Å². The lowest BCUT2D eigenvalue weighted by atomic mass is 10.1. The van der Waals surface area contributed by atoms with Crippen LogP contribution >= 0.6 is 0 Å². The second-order valence-corrected chi connectivity index (χ2v) is 5.00. The predicted molar refractivity (Wildman–Crippen MR) is 74.9 cm³/mol. The third kappa shape index (κ3) is 4.61. The second kappa shape index (κ2) is 7.21. The van der Waals surface area contributed by atoms with E-state index in [0.717, 1.165) is 26.1 Å². The van der Waals surface area contributed by atoms with Crippen molar-refractivity contribution in [3.05, 3.63) is 30.1 Å². The first-order valence-electron chi connectivity index (χ1n) is 6.82. The maximum Gasteiger partial charge on any atom is 0.221 e. The van der Waals surface area contributed by atoms with E-state index in [1.807, 2.05) is 12.1 Å². The molecule has 104 valence electrons. The minimum Gasteiger partial charge on any atom is -0.356 e. The predicted octanol–water partition coefficient (Wildman–Crippen LogP) is 0.0340. The van der Waals surface area contributed by atoms with Crippen molar-refractivity contribution in [2.45, 2.75) is 18.9 Å². The van der Waals surface area contributed by atoms with Crippen molar-refractivity contribution >= 4 is 5.91 Å². The van der Waals surface area contributed by atoms with Gasteiger partial charge in [0.05, 0.1) is 0 Å². The molecule has 2 rings (SSSR count). The molecule has 0 radical (unpaired) electrons. The number of hydrogen-bond donors (Lipinski definition) is 2. The van der Waals surface area contributed by atoms with Crippen molar-refractivity contribution in [1.29, 1.82) is 0 Å². The highest BCUT2D eigenvalue weighted by Gasteiger charge is 2.20. The van der Waals surface area contributed by atoms with Crippen LogP contribution in [0.1, 0.15) is 12.0 Å². The summed E-state index contributed by atoms with van der Waals surface area (Å²) in [5.41, 5.74) is 1.20. The summed E-state index contributed by atoms with van der Waals surface area (Å²) in [6.07, 6.45) is 4.98. The first kappa shape index (κ1) is 14.0. The van der Waals surface area contributed by atoms with E-state index in [4.69, 9.17) is 0 Å². The van der Waals surface area contributed by atoms with Crippen LogP contribution in [0, 0.1) is 0 Å². The fraction of sp³-hybridized carbons (Fsp3) is 0.571. The van der Waals surface area contributed by atoms with Crippen LogP contribution in [0.25, 0.3) is 0 Å². The van der Waals surface area contributed by atoms with E-state index in [0.29, 0.717) is 19.0 Å². The molecule has 0 bridgehead atoms. The average Bonchev–Trinajstić information content (AvgIpc) is 2.43. The molecule has 1 amide bonds. The number of amides is 1. The summed E-state index contributed by atoms with van der Waals surface area (Å²) in [6, 6.07) is 4.27. The van der Waals surface area contributed by atoms with Crippen LogP contribution in [0.4, 0.5) is 0 Å². The van der Waals surface area contributed by atoms with E-state index in [1.54, 1.807) is 12.4 Å². The second-order valence-electron chi connectivity index (χ2n) is 5.00. The standard InChI is InChI=1S/C14H22N4O/c1-18-9-8-16-11-13(18)10-14(19)17-7-4-12-2-5-15-6-3-12/h2-3,5-6,13,16H,4,7-11H2,1H3,(H,17,19). The zero-order chi connectivity index (χ0) is 13.5. The molecular formula is C14H22N4O. The van der Waals surface area contributed by atoms with E-state index in [-0.39, 0.29) is 5.91 Å². The zero-order valence-corrected chi connectivity index (χ0v) is 11.4. The Morgan fingerprint density at radius 3 is 3.05 bits per heavy atom. The molecule has 1 aromatic heterocycles. The van der Waals surface area contributed by atoms with Crippen molar-refractivity contribution in [1.82, 2.24) is 20.5 Å². The summed E-state index contributed by atoms with van der Waals surface area (Å²) in [7, 11) is 2.08. The number of rotatable bonds is 5. The molecule has 5 heteroatoms. The van der Waals surface area contributed by atoms with E-state index < -0.39 is 0 Å². The summed E-state index contributed by atoms with van der Waals surface area (Å²) >= 11 is 0. The van der Waals surface area contributed by atoms with Crippen molar-refractivity contribution in [3.8, 4) is 0 Å². The molecule has 1 aromatic rings. The highest BCUT2D eigenvalue weighted by Crippen LogP contribution is 2.04. The molecule has 1 atom stereocenters. The molecule has 2 N–H and O–H groups in total. The lowest BCUT2D eigenvalue weighted by molar-refractivity contribution is -0.122. The van der Waals surface area contributed by atoms with Crippen LogP contribution in [-0.4, -0.2) is 55.1 Å². The Balaban J connectivity index is 1.67. The third-order valence-corrected chi connectivity index (χ3v) is 3.55. The number of carbonyl (C=O) groups excluding carboxylic acids is 1. The minimum atomic E-state index is 0.134. The number of likely N-dealkylation sites (N-methyl/N-ethyl adjacent to an activating group) is 1. The Labute approximate surface area is 114 Å². The first-order valence-corrected chi connectivity index (χ1v) is 6.82. The van der Waals surface area contributed by atoms with Crippen molar-refractivity contribution < 1.29 is 4.79 Å². The molecule has 1 fully saturated rings. The Kier molecular flexibility index (Phi) is 5.30. The Hall–Kier alpha value is -1.46. The van der Waals surface area contributed by atoms with Gasteiger partial charge in [0.1, 0.15) is 0 Å². The Bertz CT molecular complexity index is 396. The molecule has 0 aliphatic carbocycles. The lowest BCUT2D eigenvalue weighted by Crippen LogP contribution is -2.51. The van der Waals surface area contributed by atoms with Gasteiger partial charge in [-0.1, -0.05) is 0 Å². The average molecular weight is 262 g/mol. The summed E-state index contributed by atoms with van der Waals surface area (Å²) in [6.45, 7) is 3.60. The van der Waals surface area contributed by atoms with Gasteiger partial charge in [0, 0.05) is 51.0 Å². The summed E-state index contributed by atoms with van der Waals surface area (Å²) in [5, 5.41) is 6.31. The summed E-state index contributed by atoms with van der Waals surface area (Å²) in [4.78, 5) is 18.1. The minimum absolute atomic E-state index is 0.134. The number of nitrogens with one attached hydrogen (secondary N) is 2. The topological polar surface area (TPSA) is 57.3 Å². The molecule has 0 aromatic carbocycles. The number of carbonyl (C=O) groups is 1. The number of aromatic nitrogens is 1. The van der Waals surface area contributed by atoms with Crippen LogP contribution in [0.15, 0.2) is 24.5 Å². The maximum atomic E-state index is 11.9. The maximum absolute atomic E-state index is 11.9. The van der Waals surface area contributed by atoms with Crippen LogP contribution in [-0.2, 0) is 11.2 Å². The molecular weight excluding hydrogens is 240 g/mol. The van der Waals surface area contributed by atoms with Gasteiger partial charge in [-0.25, -0.2) is 0 Å². The molecule has 0 spiro atoms. The van der Waals surface area contributed by atoms with Crippen LogP contribution < -0.4 is 10.6 Å². The highest BCUT2D eigenvalue weighted by atomic mass is 16.1. The van der Waals surface area contributed by atoms with Gasteiger partial charge >= 0.3 is 0 Å². The zero-order valence-electron chi connectivity index (χ0n) is 11.4. The fourth-order valence-electron chi connectivity index (χ4n) is 2.27. The third-order valence-electron chi connectivity index (χ3n) is 3.55. The van der Waals surface area contributed by atoms with E-state index in [2.05, 4.69) is 27.6 Å². The van der Waals surface area contributed by atoms with Gasteiger partial charge in [-0.15, -0.1) is 0 Å². The van der Waals surface area contributed by atoms with Gasteiger partial charge < -0.3 is 15.5 Å². The van der Waals surface area contributed by atoms with E-state index >= 15 is 0 Å². The van der Waals surface area contributed by atoms with Crippen molar-refractivity contribution in [3.63, 3.8) is 0 Å². The van der Waals surface area contributed by atoms with Gasteiger partial charge in [0.25, 0.3) is 0 Å². The van der Waals surface area contributed by atoms with Crippen LogP contribution in [0.3, 0.4) is 0 Å². The lowest BCUT2D eigenvalue weighted by Gasteiger charge is -2.32. The molecule has 0 saturated carbocycles. The molecule has 1 aliphatic rings. The Morgan fingerprint density at radius 2 is 2.32 bits per heavy atom. The quantitative estimate of drug-likeness (QED) is 0.786. The first-order chi connectivity index (χ1) is 9.25. The molecule has 2 heterocycles. The van der Waals surface area contributed by atoms with E-state index in [9.17, 15) is 4.79 Å². The summed E-state index contributed by atoms with van der Waals surface area (Å²) in [5.74, 6) is 0.134. The van der Waals surface area contributed by atoms with Crippen LogP contribution in [0.2, 0.25) is 0 Å². The molecule has 1 saturated heterocycles. The molecule has 5 nitrogen and oxygen atoms in total. The number of hydrogen-bond acceptors (Lipinski definition) is 4. The highest BCUT2D eigenvalue weighted by molar-refractivity contribution is 5.76. The fourth-order valence-corrected chi connectivity index (χ4v) is 2.27. The number of piperazine rings is 1. The summed E-state index contributed by atoms with van der Waals surface area (Å²) < 4.78 is 0. The van der Waals surface area contributed by atoms with Crippen molar-refractivity contribution in [2.75, 3.05) is 33.2 Å². The monoisotopic (exact) mass is 262 g/mol. The van der Waals surface area contributed by atoms with E-state index in [1.165, 1.54) is 5.56 Å².